The highest BCUT2D eigenvalue weighted by Crippen LogP contribution is 2.09. The van der Waals surface area contributed by atoms with Gasteiger partial charge in [0, 0.05) is 25.6 Å². The molecule has 0 aromatic carbocycles. The summed E-state index contributed by atoms with van der Waals surface area (Å²) in [5, 5.41) is 14.2. The van der Waals surface area contributed by atoms with Gasteiger partial charge in [0.1, 0.15) is 0 Å². The van der Waals surface area contributed by atoms with Gasteiger partial charge in [-0.25, -0.2) is 4.79 Å². The van der Waals surface area contributed by atoms with E-state index >= 15 is 0 Å². The van der Waals surface area contributed by atoms with Gasteiger partial charge in [-0.2, -0.15) is 0 Å². The number of hydrogen-bond donors (Lipinski definition) is 3. The van der Waals surface area contributed by atoms with E-state index in [-0.39, 0.29) is 18.5 Å². The van der Waals surface area contributed by atoms with Crippen LogP contribution < -0.4 is 10.6 Å². The van der Waals surface area contributed by atoms with E-state index in [1.807, 2.05) is 6.92 Å². The van der Waals surface area contributed by atoms with Crippen LogP contribution in [0.25, 0.3) is 0 Å². The Labute approximate surface area is 120 Å². The highest BCUT2D eigenvalue weighted by atomic mass is 16.4. The highest BCUT2D eigenvalue weighted by Gasteiger charge is 2.15. The lowest BCUT2D eigenvalue weighted by molar-refractivity contribution is -0.137. The molecular formula is C14H27N3O3. The standard InChI is InChI=1S/C14H27N3O3/c1-11(10-17-7-3-4-8-17)9-15-14(20)16-12(2)5-6-13(18)19/h11-12H,3-10H2,1-2H3,(H,18,19)(H2,15,16,20). The summed E-state index contributed by atoms with van der Waals surface area (Å²) in [7, 11) is 0. The van der Waals surface area contributed by atoms with E-state index in [2.05, 4.69) is 22.5 Å². The van der Waals surface area contributed by atoms with Crippen LogP contribution in [0.15, 0.2) is 0 Å². The average Bonchev–Trinajstić information content (AvgIpc) is 2.86. The second kappa shape index (κ2) is 8.79. The maximum absolute atomic E-state index is 11.7. The third kappa shape index (κ3) is 7.33. The first-order valence-corrected chi connectivity index (χ1v) is 7.46. The summed E-state index contributed by atoms with van der Waals surface area (Å²) >= 11 is 0. The van der Waals surface area contributed by atoms with Crippen molar-refractivity contribution in [3.05, 3.63) is 0 Å². The molecule has 1 heterocycles. The Morgan fingerprint density at radius 1 is 1.25 bits per heavy atom. The van der Waals surface area contributed by atoms with E-state index in [0.29, 0.717) is 18.9 Å². The van der Waals surface area contributed by atoms with E-state index in [0.717, 1.165) is 6.54 Å². The van der Waals surface area contributed by atoms with Crippen molar-refractivity contribution in [1.82, 2.24) is 15.5 Å². The zero-order valence-electron chi connectivity index (χ0n) is 12.5. The molecule has 0 radical (unpaired) electrons. The number of likely N-dealkylation sites (tertiary alicyclic amines) is 1. The predicted molar refractivity (Wildman–Crippen MR) is 77.7 cm³/mol. The quantitative estimate of drug-likeness (QED) is 0.627. The van der Waals surface area contributed by atoms with Crippen molar-refractivity contribution >= 4 is 12.0 Å². The van der Waals surface area contributed by atoms with E-state index < -0.39 is 5.97 Å². The molecule has 1 saturated heterocycles. The van der Waals surface area contributed by atoms with Crippen molar-refractivity contribution in [1.29, 1.82) is 0 Å². The van der Waals surface area contributed by atoms with Gasteiger partial charge in [-0.1, -0.05) is 6.92 Å². The molecule has 0 aliphatic carbocycles. The molecule has 1 aliphatic heterocycles. The van der Waals surface area contributed by atoms with Crippen molar-refractivity contribution in [2.45, 2.75) is 45.6 Å². The molecule has 0 spiro atoms. The minimum Gasteiger partial charge on any atom is -0.481 e. The van der Waals surface area contributed by atoms with Crippen LogP contribution in [0.2, 0.25) is 0 Å². The number of nitrogens with one attached hydrogen (secondary N) is 2. The Morgan fingerprint density at radius 3 is 2.50 bits per heavy atom. The summed E-state index contributed by atoms with van der Waals surface area (Å²) < 4.78 is 0. The Bertz CT molecular complexity index is 317. The first-order valence-electron chi connectivity index (χ1n) is 7.46. The summed E-state index contributed by atoms with van der Waals surface area (Å²) in [5.74, 6) is -0.411. The SMILES string of the molecule is CC(CNC(=O)NC(C)CCC(=O)O)CN1CCCC1. The number of carboxylic acids is 1. The van der Waals surface area contributed by atoms with Crippen LogP contribution in [0.4, 0.5) is 4.79 Å². The number of aliphatic carboxylic acids is 1. The van der Waals surface area contributed by atoms with Crippen molar-refractivity contribution in [2.24, 2.45) is 5.92 Å². The Balaban J connectivity index is 2.10. The smallest absolute Gasteiger partial charge is 0.315 e. The molecule has 0 aromatic rings. The van der Waals surface area contributed by atoms with Crippen LogP contribution >= 0.6 is 0 Å². The molecule has 0 saturated carbocycles. The number of urea groups is 1. The van der Waals surface area contributed by atoms with Crippen molar-refractivity contribution in [2.75, 3.05) is 26.2 Å². The van der Waals surface area contributed by atoms with Crippen molar-refractivity contribution in [3.8, 4) is 0 Å². The van der Waals surface area contributed by atoms with Gasteiger partial charge in [-0.3, -0.25) is 4.79 Å². The number of carbonyl (C=O) groups excluding carboxylic acids is 1. The van der Waals surface area contributed by atoms with Crippen LogP contribution in [0.5, 0.6) is 0 Å². The Hall–Kier alpha value is -1.30. The molecule has 6 heteroatoms. The van der Waals surface area contributed by atoms with Crippen molar-refractivity contribution in [3.63, 3.8) is 0 Å². The summed E-state index contributed by atoms with van der Waals surface area (Å²) in [5.41, 5.74) is 0. The molecule has 0 bridgehead atoms. The molecule has 116 valence electrons. The maximum Gasteiger partial charge on any atom is 0.315 e. The third-order valence-corrected chi connectivity index (χ3v) is 3.55. The van der Waals surface area contributed by atoms with E-state index in [9.17, 15) is 9.59 Å². The van der Waals surface area contributed by atoms with Gasteiger partial charge in [-0.15, -0.1) is 0 Å². The van der Waals surface area contributed by atoms with Crippen LogP contribution in [-0.4, -0.2) is 54.2 Å². The summed E-state index contributed by atoms with van der Waals surface area (Å²) in [6, 6.07) is -0.337. The fourth-order valence-corrected chi connectivity index (χ4v) is 2.42. The van der Waals surface area contributed by atoms with Gasteiger partial charge in [0.2, 0.25) is 0 Å². The largest absolute Gasteiger partial charge is 0.481 e. The molecule has 1 fully saturated rings. The van der Waals surface area contributed by atoms with Gasteiger partial charge in [-0.05, 0) is 45.2 Å². The molecule has 3 N–H and O–H groups in total. The molecule has 2 amide bonds. The molecule has 2 unspecified atom stereocenters. The second-order valence-electron chi connectivity index (χ2n) is 5.80. The van der Waals surface area contributed by atoms with E-state index in [1.54, 1.807) is 0 Å². The first-order chi connectivity index (χ1) is 9.47. The molecule has 2 atom stereocenters. The average molecular weight is 285 g/mol. The summed E-state index contributed by atoms with van der Waals surface area (Å²) in [6.45, 7) is 7.96. The van der Waals surface area contributed by atoms with Gasteiger partial charge in [0.25, 0.3) is 0 Å². The predicted octanol–water partition coefficient (Wildman–Crippen LogP) is 1.27. The first kappa shape index (κ1) is 16.8. The van der Waals surface area contributed by atoms with Gasteiger partial charge in [0.05, 0.1) is 0 Å². The lowest BCUT2D eigenvalue weighted by Crippen LogP contribution is -2.43. The highest BCUT2D eigenvalue weighted by molar-refractivity contribution is 5.74. The number of amides is 2. The van der Waals surface area contributed by atoms with Crippen LogP contribution in [-0.2, 0) is 4.79 Å². The van der Waals surface area contributed by atoms with Crippen LogP contribution in [0.1, 0.15) is 39.5 Å². The zero-order valence-corrected chi connectivity index (χ0v) is 12.5. The number of hydrogen-bond acceptors (Lipinski definition) is 3. The zero-order chi connectivity index (χ0) is 15.0. The number of nitrogens with zero attached hydrogens (tertiary/aromatic N) is 1. The molecule has 1 rings (SSSR count). The minimum atomic E-state index is -0.835. The van der Waals surface area contributed by atoms with Gasteiger partial charge in [0.15, 0.2) is 0 Å². The summed E-state index contributed by atoms with van der Waals surface area (Å²) in [4.78, 5) is 24.5. The molecule has 6 nitrogen and oxygen atoms in total. The molecule has 1 aliphatic rings. The van der Waals surface area contributed by atoms with Gasteiger partial charge >= 0.3 is 12.0 Å². The third-order valence-electron chi connectivity index (χ3n) is 3.55. The fraction of sp³-hybridized carbons (Fsp3) is 0.857. The van der Waals surface area contributed by atoms with Crippen LogP contribution in [0, 0.1) is 5.92 Å². The lowest BCUT2D eigenvalue weighted by Gasteiger charge is -2.21. The Kier molecular flexibility index (Phi) is 7.36. The number of carbonyl (C=O) groups is 2. The number of carboxylic acid groups (broad SMARTS) is 1. The molecule has 20 heavy (non-hydrogen) atoms. The van der Waals surface area contributed by atoms with Gasteiger partial charge < -0.3 is 20.6 Å². The normalized spacial score (nSPS) is 18.5. The fourth-order valence-electron chi connectivity index (χ4n) is 2.42. The summed E-state index contributed by atoms with van der Waals surface area (Å²) in [6.07, 6.45) is 3.09. The molecule has 0 aromatic heterocycles. The topological polar surface area (TPSA) is 81.7 Å². The lowest BCUT2D eigenvalue weighted by atomic mass is 10.1. The maximum atomic E-state index is 11.7. The number of rotatable bonds is 8. The molecular weight excluding hydrogens is 258 g/mol. The monoisotopic (exact) mass is 285 g/mol. The van der Waals surface area contributed by atoms with E-state index in [4.69, 9.17) is 5.11 Å². The van der Waals surface area contributed by atoms with E-state index in [1.165, 1.54) is 25.9 Å². The minimum absolute atomic E-state index is 0.0762. The van der Waals surface area contributed by atoms with Crippen molar-refractivity contribution < 1.29 is 14.7 Å². The Morgan fingerprint density at radius 2 is 1.90 bits per heavy atom. The van der Waals surface area contributed by atoms with Crippen LogP contribution in [0.3, 0.4) is 0 Å². The second-order valence-corrected chi connectivity index (χ2v) is 5.80.